The van der Waals surface area contributed by atoms with E-state index in [0.29, 0.717) is 5.02 Å². The van der Waals surface area contributed by atoms with Crippen molar-refractivity contribution in [1.29, 1.82) is 0 Å². The highest BCUT2D eigenvalue weighted by Gasteiger charge is 2.07. The van der Waals surface area contributed by atoms with E-state index in [1.807, 2.05) is 37.3 Å². The topological polar surface area (TPSA) is 49.3 Å². The average molecular weight is 276 g/mol. The Balaban J connectivity index is 2.28. The molecule has 2 aromatic carbocycles. The third-order valence-corrected chi connectivity index (χ3v) is 2.98. The Morgan fingerprint density at radius 2 is 1.89 bits per heavy atom. The predicted molar refractivity (Wildman–Crippen MR) is 77.3 cm³/mol. The Hall–Kier alpha value is -2.00. The van der Waals surface area contributed by atoms with Crippen molar-refractivity contribution in [3.8, 4) is 0 Å². The maximum Gasteiger partial charge on any atom is 0.307 e. The average Bonchev–Trinajstić information content (AvgIpc) is 2.34. The molecule has 0 heterocycles. The van der Waals surface area contributed by atoms with Crippen LogP contribution < -0.4 is 5.32 Å². The minimum atomic E-state index is -0.843. The zero-order valence-corrected chi connectivity index (χ0v) is 11.2. The van der Waals surface area contributed by atoms with E-state index in [1.54, 1.807) is 12.1 Å². The first kappa shape index (κ1) is 13.4. The van der Waals surface area contributed by atoms with E-state index in [2.05, 4.69) is 5.32 Å². The first-order chi connectivity index (χ1) is 9.04. The Morgan fingerprint density at radius 1 is 1.21 bits per heavy atom. The number of aryl methyl sites for hydroxylation is 1. The maximum atomic E-state index is 10.9. The molecule has 4 heteroatoms. The smallest absolute Gasteiger partial charge is 0.307 e. The van der Waals surface area contributed by atoms with Crippen LogP contribution in [0.4, 0.5) is 11.4 Å². The number of hydrogen-bond donors (Lipinski definition) is 2. The van der Waals surface area contributed by atoms with Crippen molar-refractivity contribution in [2.45, 2.75) is 13.3 Å². The van der Waals surface area contributed by atoms with E-state index < -0.39 is 5.97 Å². The third-order valence-electron chi connectivity index (χ3n) is 2.73. The molecular formula is C15H14ClNO2. The molecule has 19 heavy (non-hydrogen) atoms. The van der Waals surface area contributed by atoms with Crippen LogP contribution in [-0.2, 0) is 11.2 Å². The number of anilines is 2. The molecular weight excluding hydrogens is 262 g/mol. The number of carboxylic acid groups (broad SMARTS) is 1. The second-order valence-corrected chi connectivity index (χ2v) is 4.80. The van der Waals surface area contributed by atoms with Crippen LogP contribution in [0.3, 0.4) is 0 Å². The zero-order chi connectivity index (χ0) is 13.8. The highest BCUT2D eigenvalue weighted by atomic mass is 35.5. The zero-order valence-electron chi connectivity index (χ0n) is 10.5. The summed E-state index contributed by atoms with van der Waals surface area (Å²) in [5.74, 6) is -0.843. The van der Waals surface area contributed by atoms with Crippen molar-refractivity contribution in [3.63, 3.8) is 0 Å². The van der Waals surface area contributed by atoms with Gasteiger partial charge in [-0.2, -0.15) is 0 Å². The molecule has 98 valence electrons. The quantitative estimate of drug-likeness (QED) is 0.886. The number of carbonyl (C=O) groups is 1. The summed E-state index contributed by atoms with van der Waals surface area (Å²) in [6, 6.07) is 13.0. The lowest BCUT2D eigenvalue weighted by Gasteiger charge is -2.12. The first-order valence-electron chi connectivity index (χ1n) is 5.88. The molecule has 0 radical (unpaired) electrons. The van der Waals surface area contributed by atoms with Crippen LogP contribution >= 0.6 is 11.6 Å². The molecule has 0 spiro atoms. The molecule has 0 aliphatic heterocycles. The lowest BCUT2D eigenvalue weighted by atomic mass is 10.1. The first-order valence-corrected chi connectivity index (χ1v) is 6.26. The van der Waals surface area contributed by atoms with Crippen LogP contribution in [0.5, 0.6) is 0 Å². The van der Waals surface area contributed by atoms with Crippen LogP contribution in [0.15, 0.2) is 42.5 Å². The largest absolute Gasteiger partial charge is 0.481 e. The van der Waals surface area contributed by atoms with Crippen LogP contribution in [0.1, 0.15) is 11.1 Å². The molecule has 0 unspecified atom stereocenters. The van der Waals surface area contributed by atoms with Gasteiger partial charge in [-0.15, -0.1) is 0 Å². The summed E-state index contributed by atoms with van der Waals surface area (Å²) in [7, 11) is 0. The molecule has 0 aliphatic rings. The molecule has 0 saturated carbocycles. The standard InChI is InChI=1S/C15H14ClNO2/c1-10-2-7-14(11(8-10)9-15(18)19)17-13-5-3-12(16)4-6-13/h2-8,17H,9H2,1H3,(H,18,19). The van der Waals surface area contributed by atoms with E-state index in [1.165, 1.54) is 0 Å². The van der Waals surface area contributed by atoms with E-state index in [-0.39, 0.29) is 6.42 Å². The lowest BCUT2D eigenvalue weighted by Crippen LogP contribution is -2.04. The van der Waals surface area contributed by atoms with Gasteiger partial charge in [-0.1, -0.05) is 29.3 Å². The summed E-state index contributed by atoms with van der Waals surface area (Å²) in [4.78, 5) is 10.9. The van der Waals surface area contributed by atoms with Gasteiger partial charge in [0.25, 0.3) is 0 Å². The van der Waals surface area contributed by atoms with E-state index in [4.69, 9.17) is 16.7 Å². The molecule has 0 bridgehead atoms. The van der Waals surface area contributed by atoms with Crippen molar-refractivity contribution in [1.82, 2.24) is 0 Å². The molecule has 0 aromatic heterocycles. The van der Waals surface area contributed by atoms with Gasteiger partial charge < -0.3 is 10.4 Å². The van der Waals surface area contributed by atoms with Gasteiger partial charge in [-0.25, -0.2) is 0 Å². The lowest BCUT2D eigenvalue weighted by molar-refractivity contribution is -0.136. The Labute approximate surface area is 116 Å². The van der Waals surface area contributed by atoms with Gasteiger partial charge in [0, 0.05) is 16.4 Å². The summed E-state index contributed by atoms with van der Waals surface area (Å²) in [5.41, 5.74) is 3.48. The summed E-state index contributed by atoms with van der Waals surface area (Å²) in [6.07, 6.45) is -0.00238. The number of benzene rings is 2. The fourth-order valence-electron chi connectivity index (χ4n) is 1.84. The van der Waals surface area contributed by atoms with Gasteiger partial charge in [0.1, 0.15) is 0 Å². The fourth-order valence-corrected chi connectivity index (χ4v) is 1.97. The van der Waals surface area contributed by atoms with Gasteiger partial charge in [-0.3, -0.25) is 4.79 Å². The maximum absolute atomic E-state index is 10.9. The van der Waals surface area contributed by atoms with Crippen molar-refractivity contribution in [2.24, 2.45) is 0 Å². The van der Waals surface area contributed by atoms with Gasteiger partial charge in [0.2, 0.25) is 0 Å². The van der Waals surface area contributed by atoms with E-state index >= 15 is 0 Å². The second kappa shape index (κ2) is 5.76. The second-order valence-electron chi connectivity index (χ2n) is 4.36. The van der Waals surface area contributed by atoms with Gasteiger partial charge in [0.15, 0.2) is 0 Å². The summed E-state index contributed by atoms with van der Waals surface area (Å²) >= 11 is 5.83. The summed E-state index contributed by atoms with van der Waals surface area (Å²) < 4.78 is 0. The number of carboxylic acids is 1. The normalized spacial score (nSPS) is 10.2. The summed E-state index contributed by atoms with van der Waals surface area (Å²) in [6.45, 7) is 1.94. The predicted octanol–water partition coefficient (Wildman–Crippen LogP) is 4.02. The van der Waals surface area contributed by atoms with Gasteiger partial charge in [-0.05, 0) is 42.8 Å². The molecule has 2 aromatic rings. The van der Waals surface area contributed by atoms with Crippen LogP contribution in [0.2, 0.25) is 5.02 Å². The number of halogens is 1. The molecule has 0 fully saturated rings. The number of hydrogen-bond acceptors (Lipinski definition) is 2. The van der Waals surface area contributed by atoms with Crippen molar-refractivity contribution >= 4 is 28.9 Å². The Kier molecular flexibility index (Phi) is 4.07. The van der Waals surface area contributed by atoms with Gasteiger partial charge >= 0.3 is 5.97 Å². The summed E-state index contributed by atoms with van der Waals surface area (Å²) in [5, 5.41) is 12.8. The number of rotatable bonds is 4. The molecule has 0 amide bonds. The minimum absolute atomic E-state index is 0.00238. The van der Waals surface area contributed by atoms with Crippen LogP contribution in [-0.4, -0.2) is 11.1 Å². The number of aliphatic carboxylic acids is 1. The highest BCUT2D eigenvalue weighted by molar-refractivity contribution is 6.30. The Morgan fingerprint density at radius 3 is 2.53 bits per heavy atom. The highest BCUT2D eigenvalue weighted by Crippen LogP contribution is 2.23. The van der Waals surface area contributed by atoms with Crippen LogP contribution in [0.25, 0.3) is 0 Å². The molecule has 0 aliphatic carbocycles. The molecule has 0 saturated heterocycles. The van der Waals surface area contributed by atoms with Crippen molar-refractivity contribution in [2.75, 3.05) is 5.32 Å². The van der Waals surface area contributed by atoms with Crippen molar-refractivity contribution in [3.05, 3.63) is 58.6 Å². The molecule has 0 atom stereocenters. The van der Waals surface area contributed by atoms with Gasteiger partial charge in [0.05, 0.1) is 6.42 Å². The molecule has 2 N–H and O–H groups in total. The third kappa shape index (κ3) is 3.73. The molecule has 2 rings (SSSR count). The SMILES string of the molecule is Cc1ccc(Nc2ccc(Cl)cc2)c(CC(=O)O)c1. The fraction of sp³-hybridized carbons (Fsp3) is 0.133. The monoisotopic (exact) mass is 275 g/mol. The molecule has 3 nitrogen and oxygen atoms in total. The minimum Gasteiger partial charge on any atom is -0.481 e. The van der Waals surface area contributed by atoms with Crippen LogP contribution in [0, 0.1) is 6.92 Å². The van der Waals surface area contributed by atoms with E-state index in [0.717, 1.165) is 22.5 Å². The van der Waals surface area contributed by atoms with Crippen molar-refractivity contribution < 1.29 is 9.90 Å². The Bertz CT molecular complexity index is 594. The number of nitrogens with one attached hydrogen (secondary N) is 1. The van der Waals surface area contributed by atoms with E-state index in [9.17, 15) is 4.79 Å².